The van der Waals surface area contributed by atoms with Crippen LogP contribution in [0.1, 0.15) is 17.5 Å². The molecule has 0 aliphatic carbocycles. The van der Waals surface area contributed by atoms with Crippen molar-refractivity contribution in [3.05, 3.63) is 65.9 Å². The minimum absolute atomic E-state index is 0.215. The third-order valence-corrected chi connectivity index (χ3v) is 6.38. The predicted molar refractivity (Wildman–Crippen MR) is 119 cm³/mol. The molecule has 0 saturated carbocycles. The highest BCUT2D eigenvalue weighted by molar-refractivity contribution is 5.84. The van der Waals surface area contributed by atoms with E-state index in [4.69, 9.17) is 20.2 Å². The number of benzene rings is 1. The molecule has 5 heterocycles. The summed E-state index contributed by atoms with van der Waals surface area (Å²) in [5, 5.41) is 0. The van der Waals surface area contributed by atoms with Gasteiger partial charge in [0.2, 0.25) is 11.8 Å². The molecule has 1 spiro atoms. The first-order chi connectivity index (χ1) is 16.0. The van der Waals surface area contributed by atoms with Crippen LogP contribution in [0.25, 0.3) is 11.1 Å². The Morgan fingerprint density at radius 2 is 2.06 bits per heavy atom. The van der Waals surface area contributed by atoms with E-state index >= 15 is 0 Å². The standard InChI is InChI=1S/C24H21F2N5O2/c25-15-5-7-31(11-15)16-9-19-23(29-10-16)33-20-4-3-14(17-2-1-6-28-22(17)26)8-18(20)24(19)13-32-12-21(27)30-24/h1-4,6,8-10,15H,5,7,11-13H2,(H2,27,30)/t15-,24?/m1/s1. The average molecular weight is 449 g/mol. The second-order valence-corrected chi connectivity index (χ2v) is 8.49. The third kappa shape index (κ3) is 3.22. The largest absolute Gasteiger partial charge is 0.438 e. The molecule has 1 aromatic carbocycles. The van der Waals surface area contributed by atoms with Gasteiger partial charge in [0.25, 0.3) is 0 Å². The van der Waals surface area contributed by atoms with Crippen molar-refractivity contribution >= 4 is 11.5 Å². The summed E-state index contributed by atoms with van der Waals surface area (Å²) in [4.78, 5) is 15.1. The first-order valence-electron chi connectivity index (χ1n) is 10.8. The lowest BCUT2D eigenvalue weighted by Gasteiger charge is -2.39. The molecule has 3 aliphatic heterocycles. The van der Waals surface area contributed by atoms with Crippen molar-refractivity contribution in [2.45, 2.75) is 18.1 Å². The molecule has 2 aromatic heterocycles. The molecule has 2 N–H and O–H groups in total. The zero-order valence-corrected chi connectivity index (χ0v) is 17.7. The Labute approximate surface area is 188 Å². The van der Waals surface area contributed by atoms with E-state index in [0.29, 0.717) is 59.2 Å². The Morgan fingerprint density at radius 1 is 1.15 bits per heavy atom. The van der Waals surface area contributed by atoms with Gasteiger partial charge >= 0.3 is 0 Å². The van der Waals surface area contributed by atoms with Gasteiger partial charge in [-0.3, -0.25) is 4.99 Å². The van der Waals surface area contributed by atoms with Gasteiger partial charge in [0.1, 0.15) is 29.9 Å². The number of amidine groups is 1. The van der Waals surface area contributed by atoms with E-state index in [1.54, 1.807) is 30.5 Å². The zero-order chi connectivity index (χ0) is 22.6. The zero-order valence-electron chi connectivity index (χ0n) is 17.7. The molecule has 6 rings (SSSR count). The average Bonchev–Trinajstić information content (AvgIpc) is 3.26. The number of hydrogen-bond donors (Lipinski definition) is 1. The lowest BCUT2D eigenvalue weighted by molar-refractivity contribution is 0.109. The molecule has 1 saturated heterocycles. The Kier molecular flexibility index (Phi) is 4.55. The number of rotatable bonds is 2. The Balaban J connectivity index is 1.54. The molecule has 9 heteroatoms. The number of hydrogen-bond acceptors (Lipinski definition) is 7. The molecule has 7 nitrogen and oxygen atoms in total. The van der Waals surface area contributed by atoms with Crippen molar-refractivity contribution in [1.82, 2.24) is 9.97 Å². The fourth-order valence-corrected chi connectivity index (χ4v) is 4.79. The molecule has 168 valence electrons. The molecule has 0 amide bonds. The van der Waals surface area contributed by atoms with E-state index in [1.165, 1.54) is 6.20 Å². The molecule has 0 bridgehead atoms. The fraction of sp³-hybridized carbons (Fsp3) is 0.292. The topological polar surface area (TPSA) is 85.9 Å². The Morgan fingerprint density at radius 3 is 2.85 bits per heavy atom. The van der Waals surface area contributed by atoms with E-state index in [1.807, 2.05) is 17.0 Å². The number of aliphatic imine (C=N–C) groups is 1. The van der Waals surface area contributed by atoms with Crippen molar-refractivity contribution in [2.75, 3.05) is 31.2 Å². The highest BCUT2D eigenvalue weighted by Crippen LogP contribution is 2.51. The smallest absolute Gasteiger partial charge is 0.225 e. The lowest BCUT2D eigenvalue weighted by atomic mass is 9.80. The number of pyridine rings is 2. The maximum atomic E-state index is 14.4. The van der Waals surface area contributed by atoms with Crippen molar-refractivity contribution in [3.8, 4) is 22.8 Å². The summed E-state index contributed by atoms with van der Waals surface area (Å²) >= 11 is 0. The fourth-order valence-electron chi connectivity index (χ4n) is 4.79. The number of anilines is 1. The summed E-state index contributed by atoms with van der Waals surface area (Å²) in [5.41, 5.74) is 8.29. The van der Waals surface area contributed by atoms with Crippen LogP contribution in [-0.4, -0.2) is 48.3 Å². The Bertz CT molecular complexity index is 1280. The number of nitrogens with zero attached hydrogens (tertiary/aromatic N) is 4. The number of nitrogens with two attached hydrogens (primary N) is 1. The van der Waals surface area contributed by atoms with Crippen LogP contribution in [0.15, 0.2) is 53.8 Å². The van der Waals surface area contributed by atoms with E-state index in [9.17, 15) is 8.78 Å². The maximum absolute atomic E-state index is 14.4. The second kappa shape index (κ2) is 7.48. The summed E-state index contributed by atoms with van der Waals surface area (Å²) in [5.74, 6) is 0.714. The monoisotopic (exact) mass is 449 g/mol. The number of ether oxygens (including phenoxy) is 2. The highest BCUT2D eigenvalue weighted by atomic mass is 19.1. The van der Waals surface area contributed by atoms with Gasteiger partial charge in [-0.25, -0.2) is 14.4 Å². The molecular weight excluding hydrogens is 428 g/mol. The van der Waals surface area contributed by atoms with Crippen LogP contribution < -0.4 is 15.4 Å². The molecule has 3 aliphatic rings. The van der Waals surface area contributed by atoms with E-state index in [-0.39, 0.29) is 13.2 Å². The molecule has 33 heavy (non-hydrogen) atoms. The van der Waals surface area contributed by atoms with E-state index < -0.39 is 17.7 Å². The molecule has 0 radical (unpaired) electrons. The van der Waals surface area contributed by atoms with Crippen molar-refractivity contribution in [2.24, 2.45) is 10.7 Å². The first kappa shape index (κ1) is 20.0. The van der Waals surface area contributed by atoms with Crippen LogP contribution in [-0.2, 0) is 10.3 Å². The van der Waals surface area contributed by atoms with Gasteiger partial charge in [-0.1, -0.05) is 6.07 Å². The first-order valence-corrected chi connectivity index (χ1v) is 10.8. The number of halogens is 2. The number of aromatic nitrogens is 2. The summed E-state index contributed by atoms with van der Waals surface area (Å²) in [6.07, 6.45) is 2.71. The third-order valence-electron chi connectivity index (χ3n) is 6.38. The molecular formula is C24H21F2N5O2. The predicted octanol–water partition coefficient (Wildman–Crippen LogP) is 3.57. The molecule has 1 fully saturated rings. The highest BCUT2D eigenvalue weighted by Gasteiger charge is 2.46. The lowest BCUT2D eigenvalue weighted by Crippen LogP contribution is -2.42. The van der Waals surface area contributed by atoms with Crippen LogP contribution in [0.4, 0.5) is 14.5 Å². The minimum atomic E-state index is -1.02. The summed E-state index contributed by atoms with van der Waals surface area (Å²) in [6, 6.07) is 10.7. The van der Waals surface area contributed by atoms with Crippen molar-refractivity contribution < 1.29 is 18.3 Å². The van der Waals surface area contributed by atoms with Gasteiger partial charge in [0.15, 0.2) is 0 Å². The molecule has 1 unspecified atom stereocenters. The van der Waals surface area contributed by atoms with Crippen LogP contribution in [0, 0.1) is 5.95 Å². The SMILES string of the molecule is NC1=NC2(COC1)c1cc(-c3cccnc3F)ccc1Oc1ncc(N3CC[C@@H](F)C3)cc12. The van der Waals surface area contributed by atoms with Gasteiger partial charge in [-0.15, -0.1) is 0 Å². The van der Waals surface area contributed by atoms with Crippen LogP contribution >= 0.6 is 0 Å². The normalized spacial score (nSPS) is 23.6. The van der Waals surface area contributed by atoms with Crippen molar-refractivity contribution in [1.29, 1.82) is 0 Å². The second-order valence-electron chi connectivity index (χ2n) is 8.49. The van der Waals surface area contributed by atoms with E-state index in [2.05, 4.69) is 9.97 Å². The van der Waals surface area contributed by atoms with Gasteiger partial charge in [0.05, 0.1) is 24.1 Å². The van der Waals surface area contributed by atoms with E-state index in [0.717, 1.165) is 5.69 Å². The summed E-state index contributed by atoms with van der Waals surface area (Å²) in [6.45, 7) is 1.36. The summed E-state index contributed by atoms with van der Waals surface area (Å²) in [7, 11) is 0. The number of alkyl halides is 1. The van der Waals surface area contributed by atoms with Crippen molar-refractivity contribution in [3.63, 3.8) is 0 Å². The van der Waals surface area contributed by atoms with Crippen LogP contribution in [0.2, 0.25) is 0 Å². The Hall–Kier alpha value is -3.59. The van der Waals surface area contributed by atoms with Gasteiger partial charge in [0, 0.05) is 30.4 Å². The van der Waals surface area contributed by atoms with Crippen LogP contribution in [0.5, 0.6) is 11.6 Å². The van der Waals surface area contributed by atoms with Gasteiger partial charge < -0.3 is 20.1 Å². The minimum Gasteiger partial charge on any atom is -0.438 e. The van der Waals surface area contributed by atoms with Gasteiger partial charge in [-0.2, -0.15) is 4.39 Å². The molecule has 3 aromatic rings. The molecule has 2 atom stereocenters. The maximum Gasteiger partial charge on any atom is 0.225 e. The van der Waals surface area contributed by atoms with Crippen LogP contribution in [0.3, 0.4) is 0 Å². The number of fused-ring (bicyclic) bond motifs is 4. The summed E-state index contributed by atoms with van der Waals surface area (Å²) < 4.78 is 40.3. The van der Waals surface area contributed by atoms with Gasteiger partial charge in [-0.05, 0) is 42.3 Å². The quantitative estimate of drug-likeness (QED) is 0.602.